The Labute approximate surface area is 118 Å². The summed E-state index contributed by atoms with van der Waals surface area (Å²) in [6.45, 7) is 4.18. The first kappa shape index (κ1) is 13.2. The lowest BCUT2D eigenvalue weighted by Crippen LogP contribution is -1.97. The first-order valence-corrected chi connectivity index (χ1v) is 7.31. The molecule has 4 nitrogen and oxygen atoms in total. The van der Waals surface area contributed by atoms with Crippen LogP contribution in [0.4, 0.5) is 0 Å². The van der Waals surface area contributed by atoms with E-state index in [1.165, 1.54) is 19.3 Å². The van der Waals surface area contributed by atoms with Crippen LogP contribution in [0.3, 0.4) is 0 Å². The van der Waals surface area contributed by atoms with Crippen LogP contribution in [0.2, 0.25) is 0 Å². The highest BCUT2D eigenvalue weighted by Crippen LogP contribution is 2.39. The van der Waals surface area contributed by atoms with Gasteiger partial charge in [0, 0.05) is 11.5 Å². The molecule has 2 unspecified atom stereocenters. The molecular weight excluding hydrogens is 252 g/mol. The molecule has 20 heavy (non-hydrogen) atoms. The Morgan fingerprint density at radius 3 is 2.90 bits per heavy atom. The normalized spacial score (nSPS) is 22.3. The average molecular weight is 272 g/mol. The van der Waals surface area contributed by atoms with Crippen molar-refractivity contribution in [2.75, 3.05) is 0 Å². The maximum Gasteiger partial charge on any atom is 0.258 e. The van der Waals surface area contributed by atoms with Crippen LogP contribution in [-0.2, 0) is 0 Å². The Bertz CT molecular complexity index is 606. The van der Waals surface area contributed by atoms with Crippen molar-refractivity contribution in [3.8, 4) is 17.2 Å². The van der Waals surface area contributed by atoms with E-state index in [2.05, 4.69) is 17.1 Å². The molecule has 1 saturated carbocycles. The Kier molecular flexibility index (Phi) is 3.47. The fraction of sp³-hybridized carbons (Fsp3) is 0.500. The molecule has 106 valence electrons. The van der Waals surface area contributed by atoms with Crippen molar-refractivity contribution in [3.63, 3.8) is 0 Å². The van der Waals surface area contributed by atoms with Crippen LogP contribution in [0.5, 0.6) is 5.75 Å². The summed E-state index contributed by atoms with van der Waals surface area (Å²) >= 11 is 0. The zero-order valence-electron chi connectivity index (χ0n) is 12.0. The van der Waals surface area contributed by atoms with Gasteiger partial charge in [-0.2, -0.15) is 4.98 Å². The Balaban J connectivity index is 1.83. The molecule has 0 spiro atoms. The minimum absolute atomic E-state index is 0.257. The van der Waals surface area contributed by atoms with E-state index >= 15 is 0 Å². The zero-order valence-corrected chi connectivity index (χ0v) is 12.0. The summed E-state index contributed by atoms with van der Waals surface area (Å²) in [5.41, 5.74) is 1.84. The number of aromatic hydroxyl groups is 1. The number of aryl methyl sites for hydroxylation is 1. The molecule has 0 amide bonds. The van der Waals surface area contributed by atoms with Crippen molar-refractivity contribution in [2.45, 2.75) is 45.4 Å². The van der Waals surface area contributed by atoms with Gasteiger partial charge >= 0.3 is 0 Å². The minimum atomic E-state index is 0.257. The molecule has 1 aromatic carbocycles. The first-order valence-electron chi connectivity index (χ1n) is 7.31. The molecule has 2 aromatic rings. The standard InChI is InChI=1S/C16H20N2O2/c1-3-11-4-5-12(9-11)15-17-16(20-18-15)14-7-6-13(19)8-10(14)2/h6-8,11-12,19H,3-5,9H2,1-2H3. The van der Waals surface area contributed by atoms with Gasteiger partial charge in [0.15, 0.2) is 5.82 Å². The van der Waals surface area contributed by atoms with E-state index in [1.54, 1.807) is 12.1 Å². The molecule has 1 aliphatic carbocycles. The van der Waals surface area contributed by atoms with Crippen LogP contribution in [0.1, 0.15) is 49.9 Å². The molecule has 1 fully saturated rings. The third-order valence-electron chi connectivity index (χ3n) is 4.37. The molecule has 0 aliphatic heterocycles. The SMILES string of the molecule is CCC1CCC(c2noc(-c3ccc(O)cc3C)n2)C1. The number of phenolic OH excluding ortho intramolecular Hbond substituents is 1. The summed E-state index contributed by atoms with van der Waals surface area (Å²) in [4.78, 5) is 4.56. The summed E-state index contributed by atoms with van der Waals surface area (Å²) in [5, 5.41) is 13.6. The zero-order chi connectivity index (χ0) is 14.1. The van der Waals surface area contributed by atoms with E-state index in [1.807, 2.05) is 13.0 Å². The van der Waals surface area contributed by atoms with Crippen LogP contribution in [-0.4, -0.2) is 15.2 Å². The summed E-state index contributed by atoms with van der Waals surface area (Å²) < 4.78 is 5.41. The van der Waals surface area contributed by atoms with Crippen LogP contribution in [0.25, 0.3) is 11.5 Å². The van der Waals surface area contributed by atoms with E-state index in [9.17, 15) is 5.11 Å². The fourth-order valence-corrected chi connectivity index (χ4v) is 3.08. The third kappa shape index (κ3) is 2.42. The number of phenols is 1. The van der Waals surface area contributed by atoms with Gasteiger partial charge < -0.3 is 9.63 Å². The van der Waals surface area contributed by atoms with E-state index in [0.29, 0.717) is 11.8 Å². The molecular formula is C16H20N2O2. The number of hydrogen-bond acceptors (Lipinski definition) is 4. The van der Waals surface area contributed by atoms with Crippen LogP contribution in [0, 0.1) is 12.8 Å². The maximum absolute atomic E-state index is 9.45. The molecule has 0 saturated heterocycles. The second kappa shape index (κ2) is 5.27. The third-order valence-corrected chi connectivity index (χ3v) is 4.37. The Morgan fingerprint density at radius 2 is 2.20 bits per heavy atom. The van der Waals surface area contributed by atoms with Gasteiger partial charge in [0.2, 0.25) is 0 Å². The molecule has 4 heteroatoms. The van der Waals surface area contributed by atoms with E-state index in [4.69, 9.17) is 4.52 Å². The summed E-state index contributed by atoms with van der Waals surface area (Å²) in [7, 11) is 0. The molecule has 1 N–H and O–H groups in total. The highest BCUT2D eigenvalue weighted by Gasteiger charge is 2.28. The van der Waals surface area contributed by atoms with Gasteiger partial charge in [0.25, 0.3) is 5.89 Å². The second-order valence-electron chi connectivity index (χ2n) is 5.74. The summed E-state index contributed by atoms with van der Waals surface area (Å²) in [6.07, 6.45) is 4.83. The maximum atomic E-state index is 9.45. The quantitative estimate of drug-likeness (QED) is 0.915. The first-order chi connectivity index (χ1) is 9.67. The lowest BCUT2D eigenvalue weighted by Gasteiger charge is -2.04. The molecule has 1 heterocycles. The van der Waals surface area contributed by atoms with Gasteiger partial charge in [-0.05, 0) is 55.9 Å². The molecule has 1 aliphatic rings. The number of benzene rings is 1. The van der Waals surface area contributed by atoms with E-state index in [0.717, 1.165) is 29.3 Å². The van der Waals surface area contributed by atoms with Crippen molar-refractivity contribution in [2.24, 2.45) is 5.92 Å². The molecule has 0 radical (unpaired) electrons. The summed E-state index contributed by atoms with van der Waals surface area (Å²) in [6, 6.07) is 5.18. The van der Waals surface area contributed by atoms with Gasteiger partial charge in [-0.3, -0.25) is 0 Å². The van der Waals surface area contributed by atoms with Gasteiger partial charge in [-0.25, -0.2) is 0 Å². The summed E-state index contributed by atoms with van der Waals surface area (Å²) in [5.74, 6) is 2.89. The lowest BCUT2D eigenvalue weighted by molar-refractivity contribution is 0.413. The Hall–Kier alpha value is -1.84. The van der Waals surface area contributed by atoms with Crippen LogP contribution in [0.15, 0.2) is 22.7 Å². The van der Waals surface area contributed by atoms with Crippen LogP contribution >= 0.6 is 0 Å². The van der Waals surface area contributed by atoms with Gasteiger partial charge in [0.1, 0.15) is 5.75 Å². The molecule has 1 aromatic heterocycles. The average Bonchev–Trinajstić information content (AvgIpc) is 3.07. The van der Waals surface area contributed by atoms with Gasteiger partial charge in [-0.1, -0.05) is 18.5 Å². The number of hydrogen-bond donors (Lipinski definition) is 1. The predicted molar refractivity (Wildman–Crippen MR) is 76.5 cm³/mol. The topological polar surface area (TPSA) is 59.2 Å². The predicted octanol–water partition coefficient (Wildman–Crippen LogP) is 4.04. The lowest BCUT2D eigenvalue weighted by atomic mass is 10.0. The fourth-order valence-electron chi connectivity index (χ4n) is 3.08. The van der Waals surface area contributed by atoms with Crippen molar-refractivity contribution in [3.05, 3.63) is 29.6 Å². The van der Waals surface area contributed by atoms with E-state index in [-0.39, 0.29) is 5.75 Å². The van der Waals surface area contributed by atoms with Gasteiger partial charge in [-0.15, -0.1) is 0 Å². The Morgan fingerprint density at radius 1 is 1.35 bits per heavy atom. The van der Waals surface area contributed by atoms with Crippen LogP contribution < -0.4 is 0 Å². The second-order valence-corrected chi connectivity index (χ2v) is 5.74. The highest BCUT2D eigenvalue weighted by atomic mass is 16.5. The minimum Gasteiger partial charge on any atom is -0.508 e. The molecule has 3 rings (SSSR count). The van der Waals surface area contributed by atoms with Crippen molar-refractivity contribution < 1.29 is 9.63 Å². The number of nitrogens with zero attached hydrogens (tertiary/aromatic N) is 2. The number of rotatable bonds is 3. The molecule has 0 bridgehead atoms. The van der Waals surface area contributed by atoms with Crippen molar-refractivity contribution >= 4 is 0 Å². The highest BCUT2D eigenvalue weighted by molar-refractivity contribution is 5.59. The number of aromatic nitrogens is 2. The molecule has 2 atom stereocenters. The van der Waals surface area contributed by atoms with Gasteiger partial charge in [0.05, 0.1) is 0 Å². The smallest absolute Gasteiger partial charge is 0.258 e. The largest absolute Gasteiger partial charge is 0.508 e. The van der Waals surface area contributed by atoms with Crippen molar-refractivity contribution in [1.29, 1.82) is 0 Å². The van der Waals surface area contributed by atoms with E-state index < -0.39 is 0 Å². The monoisotopic (exact) mass is 272 g/mol. The van der Waals surface area contributed by atoms with Crippen molar-refractivity contribution in [1.82, 2.24) is 10.1 Å².